The van der Waals surface area contributed by atoms with Gasteiger partial charge in [0.15, 0.2) is 11.6 Å². The van der Waals surface area contributed by atoms with Crippen LogP contribution in [0.4, 0.5) is 23.2 Å². The number of piperazine rings is 1. The number of carbonyl (C=O) groups is 1. The number of carbonyl (C=O) groups excluding carboxylic acids is 1. The minimum atomic E-state index is -1.29. The summed E-state index contributed by atoms with van der Waals surface area (Å²) in [6.07, 6.45) is 0.681. The van der Waals surface area contributed by atoms with Crippen LogP contribution in [0.15, 0.2) is 53.0 Å². The summed E-state index contributed by atoms with van der Waals surface area (Å²) >= 11 is 3.47. The Labute approximate surface area is 215 Å². The van der Waals surface area contributed by atoms with Crippen LogP contribution in [-0.4, -0.2) is 44.1 Å². The zero-order valence-electron chi connectivity index (χ0n) is 19.7. The average Bonchev–Trinajstić information content (AvgIpc) is 2.86. The van der Waals surface area contributed by atoms with Crippen molar-refractivity contribution in [1.29, 1.82) is 0 Å². The number of benzene rings is 3. The Morgan fingerprint density at radius 1 is 0.861 bits per heavy atom. The molecule has 0 aliphatic carbocycles. The molecule has 1 aliphatic heterocycles. The maximum absolute atomic E-state index is 14.9. The second-order valence-corrected chi connectivity index (χ2v) is 9.51. The Balaban J connectivity index is 1.43. The molecule has 4 nitrogen and oxygen atoms in total. The lowest BCUT2D eigenvalue weighted by molar-refractivity contribution is -0.130. The van der Waals surface area contributed by atoms with Crippen molar-refractivity contribution >= 4 is 27.5 Å². The largest absolute Gasteiger partial charge is 0.496 e. The molecule has 0 radical (unpaired) electrons. The van der Waals surface area contributed by atoms with Gasteiger partial charge >= 0.3 is 0 Å². The molecule has 1 aliphatic rings. The highest BCUT2D eigenvalue weighted by molar-refractivity contribution is 9.10. The molecule has 9 heteroatoms. The van der Waals surface area contributed by atoms with E-state index in [1.165, 1.54) is 6.07 Å². The van der Waals surface area contributed by atoms with E-state index in [0.717, 1.165) is 27.5 Å². The molecule has 1 saturated heterocycles. The molecule has 0 aromatic heterocycles. The Hall–Kier alpha value is -3.07. The molecule has 1 heterocycles. The van der Waals surface area contributed by atoms with E-state index in [1.54, 1.807) is 18.1 Å². The normalized spacial score (nSPS) is 13.7. The van der Waals surface area contributed by atoms with Crippen molar-refractivity contribution in [3.8, 4) is 5.75 Å². The Morgan fingerprint density at radius 3 is 2.31 bits per heavy atom. The first-order valence-corrected chi connectivity index (χ1v) is 12.3. The third-order valence-electron chi connectivity index (χ3n) is 6.38. The maximum Gasteiger partial charge on any atom is 0.227 e. The summed E-state index contributed by atoms with van der Waals surface area (Å²) in [4.78, 5) is 16.3. The molecular weight excluding hydrogens is 540 g/mol. The highest BCUT2D eigenvalue weighted by Crippen LogP contribution is 2.29. The number of hydrogen-bond acceptors (Lipinski definition) is 3. The van der Waals surface area contributed by atoms with Gasteiger partial charge in [-0.05, 0) is 54.8 Å². The third kappa shape index (κ3) is 5.83. The maximum atomic E-state index is 14.9. The van der Waals surface area contributed by atoms with Crippen molar-refractivity contribution in [3.05, 3.63) is 93.0 Å². The molecule has 0 atom stereocenters. The number of ether oxygens (including phenoxy) is 1. The summed E-state index contributed by atoms with van der Waals surface area (Å²) in [5, 5.41) is 0. The SMILES string of the molecule is COc1ccc(Br)cc1CCc1c(F)cccc1N1CCN(C(=O)Cc2cc(F)c(F)cc2F)CC1. The zero-order chi connectivity index (χ0) is 25.8. The molecule has 190 valence electrons. The summed E-state index contributed by atoms with van der Waals surface area (Å²) in [6.45, 7) is 1.62. The van der Waals surface area contributed by atoms with E-state index in [9.17, 15) is 22.4 Å². The van der Waals surface area contributed by atoms with Crippen LogP contribution < -0.4 is 9.64 Å². The highest BCUT2D eigenvalue weighted by atomic mass is 79.9. The van der Waals surface area contributed by atoms with Crippen molar-refractivity contribution in [2.24, 2.45) is 0 Å². The molecule has 0 saturated carbocycles. The first-order chi connectivity index (χ1) is 17.3. The van der Waals surface area contributed by atoms with Crippen LogP contribution in [0.3, 0.4) is 0 Å². The Bertz CT molecular complexity index is 1260. The lowest BCUT2D eigenvalue weighted by Crippen LogP contribution is -2.49. The molecule has 3 aromatic carbocycles. The quantitative estimate of drug-likeness (QED) is 0.273. The molecule has 0 N–H and O–H groups in total. The predicted molar refractivity (Wildman–Crippen MR) is 133 cm³/mol. The number of methoxy groups -OCH3 is 1. The Kier molecular flexibility index (Phi) is 8.18. The molecule has 1 amide bonds. The minimum absolute atomic E-state index is 0.184. The van der Waals surface area contributed by atoms with Gasteiger partial charge in [0, 0.05) is 53.5 Å². The number of hydrogen-bond donors (Lipinski definition) is 0. The van der Waals surface area contributed by atoms with Crippen molar-refractivity contribution in [3.63, 3.8) is 0 Å². The fraction of sp³-hybridized carbons (Fsp3) is 0.296. The topological polar surface area (TPSA) is 32.8 Å². The predicted octanol–water partition coefficient (Wildman–Crippen LogP) is 5.69. The van der Waals surface area contributed by atoms with E-state index in [2.05, 4.69) is 15.9 Å². The Morgan fingerprint density at radius 2 is 1.58 bits per heavy atom. The van der Waals surface area contributed by atoms with Gasteiger partial charge in [0.25, 0.3) is 0 Å². The van der Waals surface area contributed by atoms with Crippen molar-refractivity contribution in [1.82, 2.24) is 4.90 Å². The van der Waals surface area contributed by atoms with Crippen LogP contribution in [-0.2, 0) is 24.1 Å². The standard InChI is InChI=1S/C27H25BrF4N2O2/c1-36-26-8-6-19(28)13-17(26)5-7-20-21(29)3-2-4-25(20)33-9-11-34(12-10-33)27(35)15-18-14-23(31)24(32)16-22(18)30/h2-4,6,8,13-14,16H,5,7,9-12,15H2,1H3. The van der Waals surface area contributed by atoms with E-state index >= 15 is 0 Å². The number of aryl methyl sites for hydroxylation is 1. The van der Waals surface area contributed by atoms with Gasteiger partial charge < -0.3 is 14.5 Å². The molecule has 0 spiro atoms. The van der Waals surface area contributed by atoms with E-state index < -0.39 is 17.5 Å². The van der Waals surface area contributed by atoms with Gasteiger partial charge in [-0.2, -0.15) is 0 Å². The monoisotopic (exact) mass is 564 g/mol. The second-order valence-electron chi connectivity index (χ2n) is 8.60. The summed E-state index contributed by atoms with van der Waals surface area (Å²) in [6, 6.07) is 11.8. The molecule has 36 heavy (non-hydrogen) atoms. The second kappa shape index (κ2) is 11.3. The lowest BCUT2D eigenvalue weighted by atomic mass is 10.0. The van der Waals surface area contributed by atoms with Gasteiger partial charge in [0.1, 0.15) is 17.4 Å². The molecule has 1 fully saturated rings. The fourth-order valence-electron chi connectivity index (χ4n) is 4.46. The zero-order valence-corrected chi connectivity index (χ0v) is 21.3. The van der Waals surface area contributed by atoms with Gasteiger partial charge in [-0.1, -0.05) is 22.0 Å². The average molecular weight is 565 g/mol. The fourth-order valence-corrected chi connectivity index (χ4v) is 4.87. The summed E-state index contributed by atoms with van der Waals surface area (Å²) in [7, 11) is 1.60. The van der Waals surface area contributed by atoms with Crippen LogP contribution >= 0.6 is 15.9 Å². The van der Waals surface area contributed by atoms with Gasteiger partial charge in [0.2, 0.25) is 5.91 Å². The number of rotatable bonds is 7. The molecule has 0 unspecified atom stereocenters. The van der Waals surface area contributed by atoms with E-state index in [-0.39, 0.29) is 23.7 Å². The van der Waals surface area contributed by atoms with Crippen molar-refractivity contribution in [2.75, 3.05) is 38.2 Å². The number of amides is 1. The van der Waals surface area contributed by atoms with Crippen LogP contribution in [0.5, 0.6) is 5.75 Å². The third-order valence-corrected chi connectivity index (χ3v) is 6.88. The van der Waals surface area contributed by atoms with Gasteiger partial charge in [-0.15, -0.1) is 0 Å². The number of nitrogens with zero attached hydrogens (tertiary/aromatic N) is 2. The van der Waals surface area contributed by atoms with E-state index in [4.69, 9.17) is 4.74 Å². The molecule has 0 bridgehead atoms. The van der Waals surface area contributed by atoms with Crippen molar-refractivity contribution < 1.29 is 27.1 Å². The molecular formula is C27H25BrF4N2O2. The highest BCUT2D eigenvalue weighted by Gasteiger charge is 2.25. The van der Waals surface area contributed by atoms with Gasteiger partial charge in [-0.25, -0.2) is 17.6 Å². The van der Waals surface area contributed by atoms with Crippen LogP contribution in [0.1, 0.15) is 16.7 Å². The van der Waals surface area contributed by atoms with Gasteiger partial charge in [0.05, 0.1) is 13.5 Å². The van der Waals surface area contributed by atoms with Gasteiger partial charge in [-0.3, -0.25) is 4.79 Å². The van der Waals surface area contributed by atoms with Crippen LogP contribution in [0, 0.1) is 23.3 Å². The van der Waals surface area contributed by atoms with Crippen LogP contribution in [0.2, 0.25) is 0 Å². The summed E-state index contributed by atoms with van der Waals surface area (Å²) in [5.74, 6) is -3.37. The number of anilines is 1. The summed E-state index contributed by atoms with van der Waals surface area (Å²) < 4.78 is 61.9. The van der Waals surface area contributed by atoms with E-state index in [0.29, 0.717) is 50.7 Å². The smallest absolute Gasteiger partial charge is 0.227 e. The lowest BCUT2D eigenvalue weighted by Gasteiger charge is -2.37. The minimum Gasteiger partial charge on any atom is -0.496 e. The van der Waals surface area contributed by atoms with E-state index in [1.807, 2.05) is 29.2 Å². The molecule has 4 rings (SSSR count). The summed E-state index contributed by atoms with van der Waals surface area (Å²) in [5.41, 5.74) is 2.13. The van der Waals surface area contributed by atoms with Crippen LogP contribution in [0.25, 0.3) is 0 Å². The first-order valence-electron chi connectivity index (χ1n) is 11.5. The van der Waals surface area contributed by atoms with Crippen molar-refractivity contribution in [2.45, 2.75) is 19.3 Å². The molecule has 3 aromatic rings. The number of halogens is 5. The first kappa shape index (κ1) is 26.0.